The van der Waals surface area contributed by atoms with E-state index in [9.17, 15) is 13.2 Å². The van der Waals surface area contributed by atoms with Crippen molar-refractivity contribution in [2.24, 2.45) is 0 Å². The van der Waals surface area contributed by atoms with Crippen molar-refractivity contribution in [3.05, 3.63) is 0 Å². The van der Waals surface area contributed by atoms with Crippen molar-refractivity contribution < 1.29 is 13.2 Å². The molecular formula is C12H23N3O3S. The lowest BCUT2D eigenvalue weighted by Gasteiger charge is -2.29. The van der Waals surface area contributed by atoms with Gasteiger partial charge in [-0.2, -0.15) is 0 Å². The van der Waals surface area contributed by atoms with Crippen LogP contribution in [0.25, 0.3) is 0 Å². The highest BCUT2D eigenvalue weighted by Crippen LogP contribution is 2.13. The van der Waals surface area contributed by atoms with Gasteiger partial charge < -0.3 is 10.2 Å². The average Bonchev–Trinajstić information content (AvgIpc) is 2.64. The second-order valence-corrected chi connectivity index (χ2v) is 7.33. The molecule has 2 rings (SSSR count). The van der Waals surface area contributed by atoms with Crippen molar-refractivity contribution in [2.45, 2.75) is 31.7 Å². The van der Waals surface area contributed by atoms with E-state index in [1.807, 2.05) is 4.90 Å². The quantitative estimate of drug-likeness (QED) is 0.752. The molecule has 1 N–H and O–H groups in total. The van der Waals surface area contributed by atoms with Crippen LogP contribution >= 0.6 is 0 Å². The third-order valence-corrected chi connectivity index (χ3v) is 5.15. The Morgan fingerprint density at radius 3 is 2.53 bits per heavy atom. The van der Waals surface area contributed by atoms with Crippen LogP contribution in [-0.2, 0) is 14.8 Å². The van der Waals surface area contributed by atoms with E-state index in [4.69, 9.17) is 0 Å². The first-order valence-corrected chi connectivity index (χ1v) is 8.80. The second-order valence-electron chi connectivity index (χ2n) is 5.34. The van der Waals surface area contributed by atoms with E-state index in [0.717, 1.165) is 25.8 Å². The standard InChI is InChI=1S/C12H23N3O3S/c1-19(17,18)15-8-4-7-14(9-10-15)12(16)11-5-2-3-6-13-11/h11,13H,2-10H2,1H3. The van der Waals surface area contributed by atoms with Crippen molar-refractivity contribution >= 4 is 15.9 Å². The van der Waals surface area contributed by atoms with Gasteiger partial charge in [-0.05, 0) is 25.8 Å². The third-order valence-electron chi connectivity index (χ3n) is 3.84. The second kappa shape index (κ2) is 6.19. The summed E-state index contributed by atoms with van der Waals surface area (Å²) in [5, 5.41) is 3.25. The zero-order valence-corrected chi connectivity index (χ0v) is 12.3. The Hall–Kier alpha value is -0.660. The molecule has 2 heterocycles. The SMILES string of the molecule is CS(=O)(=O)N1CCCN(C(=O)C2CCCCN2)CC1. The molecule has 19 heavy (non-hydrogen) atoms. The Morgan fingerprint density at radius 1 is 1.11 bits per heavy atom. The molecule has 1 amide bonds. The van der Waals surface area contributed by atoms with E-state index >= 15 is 0 Å². The first kappa shape index (κ1) is 14.7. The number of piperidine rings is 1. The number of carbonyl (C=O) groups excluding carboxylic acids is 1. The molecule has 0 aliphatic carbocycles. The van der Waals surface area contributed by atoms with Gasteiger partial charge >= 0.3 is 0 Å². The molecule has 0 spiro atoms. The van der Waals surface area contributed by atoms with Gasteiger partial charge in [0, 0.05) is 26.2 Å². The summed E-state index contributed by atoms with van der Waals surface area (Å²) >= 11 is 0. The Morgan fingerprint density at radius 2 is 1.89 bits per heavy atom. The van der Waals surface area contributed by atoms with Crippen LogP contribution in [0.15, 0.2) is 0 Å². The van der Waals surface area contributed by atoms with Crippen LogP contribution in [0.1, 0.15) is 25.7 Å². The number of nitrogens with zero attached hydrogens (tertiary/aromatic N) is 2. The van der Waals surface area contributed by atoms with Gasteiger partial charge in [-0.1, -0.05) is 6.42 Å². The highest BCUT2D eigenvalue weighted by molar-refractivity contribution is 7.88. The van der Waals surface area contributed by atoms with Crippen LogP contribution in [0, 0.1) is 0 Å². The number of nitrogens with one attached hydrogen (secondary N) is 1. The molecule has 7 heteroatoms. The fourth-order valence-corrected chi connectivity index (χ4v) is 3.60. The van der Waals surface area contributed by atoms with Crippen LogP contribution in [0.4, 0.5) is 0 Å². The monoisotopic (exact) mass is 289 g/mol. The molecule has 2 fully saturated rings. The summed E-state index contributed by atoms with van der Waals surface area (Å²) < 4.78 is 24.5. The fourth-order valence-electron chi connectivity index (χ4n) is 2.73. The first-order valence-electron chi connectivity index (χ1n) is 6.96. The Bertz CT molecular complexity index is 418. The van der Waals surface area contributed by atoms with Gasteiger partial charge in [0.15, 0.2) is 0 Å². The summed E-state index contributed by atoms with van der Waals surface area (Å²) in [6, 6.07) is -0.0708. The van der Waals surface area contributed by atoms with Crippen molar-refractivity contribution in [2.75, 3.05) is 39.0 Å². The molecule has 0 aromatic carbocycles. The van der Waals surface area contributed by atoms with E-state index in [2.05, 4.69) is 5.32 Å². The number of rotatable bonds is 2. The van der Waals surface area contributed by atoms with E-state index in [1.165, 1.54) is 10.6 Å². The van der Waals surface area contributed by atoms with Gasteiger partial charge in [-0.25, -0.2) is 12.7 Å². The van der Waals surface area contributed by atoms with Crippen LogP contribution in [-0.4, -0.2) is 68.6 Å². The summed E-state index contributed by atoms with van der Waals surface area (Å²) in [6.45, 7) is 2.99. The summed E-state index contributed by atoms with van der Waals surface area (Å²) in [5.41, 5.74) is 0. The van der Waals surface area contributed by atoms with Gasteiger partial charge in [0.05, 0.1) is 12.3 Å². The highest BCUT2D eigenvalue weighted by atomic mass is 32.2. The fraction of sp³-hybridized carbons (Fsp3) is 0.917. The number of hydrogen-bond acceptors (Lipinski definition) is 4. The largest absolute Gasteiger partial charge is 0.340 e. The maximum atomic E-state index is 12.4. The molecule has 2 saturated heterocycles. The Kier molecular flexibility index (Phi) is 4.81. The van der Waals surface area contributed by atoms with Crippen molar-refractivity contribution in [3.8, 4) is 0 Å². The number of amides is 1. The van der Waals surface area contributed by atoms with Gasteiger partial charge in [-0.15, -0.1) is 0 Å². The van der Waals surface area contributed by atoms with E-state index in [1.54, 1.807) is 0 Å². The Balaban J connectivity index is 1.93. The summed E-state index contributed by atoms with van der Waals surface area (Å²) in [7, 11) is -3.14. The normalized spacial score (nSPS) is 27.0. The summed E-state index contributed by atoms with van der Waals surface area (Å²) in [5.74, 6) is 0.134. The van der Waals surface area contributed by atoms with Gasteiger partial charge in [-0.3, -0.25) is 4.79 Å². The van der Waals surface area contributed by atoms with E-state index in [-0.39, 0.29) is 11.9 Å². The molecule has 0 aromatic rings. The smallest absolute Gasteiger partial charge is 0.239 e. The van der Waals surface area contributed by atoms with Crippen LogP contribution in [0.5, 0.6) is 0 Å². The number of carbonyl (C=O) groups is 1. The minimum Gasteiger partial charge on any atom is -0.340 e. The van der Waals surface area contributed by atoms with Crippen LogP contribution in [0.3, 0.4) is 0 Å². The van der Waals surface area contributed by atoms with Crippen molar-refractivity contribution in [1.82, 2.24) is 14.5 Å². The first-order chi connectivity index (χ1) is 8.98. The van der Waals surface area contributed by atoms with Crippen molar-refractivity contribution in [1.29, 1.82) is 0 Å². The number of hydrogen-bond donors (Lipinski definition) is 1. The molecule has 1 unspecified atom stereocenters. The van der Waals surface area contributed by atoms with E-state index < -0.39 is 10.0 Å². The molecular weight excluding hydrogens is 266 g/mol. The minimum absolute atomic E-state index is 0.0708. The zero-order chi connectivity index (χ0) is 13.9. The molecule has 0 aromatic heterocycles. The lowest BCUT2D eigenvalue weighted by Crippen LogP contribution is -2.49. The van der Waals surface area contributed by atoms with Crippen LogP contribution in [0.2, 0.25) is 0 Å². The maximum absolute atomic E-state index is 12.4. The van der Waals surface area contributed by atoms with Gasteiger partial charge in [0.25, 0.3) is 0 Å². The zero-order valence-electron chi connectivity index (χ0n) is 11.5. The topological polar surface area (TPSA) is 69.7 Å². The highest BCUT2D eigenvalue weighted by Gasteiger charge is 2.28. The van der Waals surface area contributed by atoms with Gasteiger partial charge in [0.1, 0.15) is 0 Å². The van der Waals surface area contributed by atoms with E-state index in [0.29, 0.717) is 32.6 Å². The molecule has 2 aliphatic heterocycles. The lowest BCUT2D eigenvalue weighted by molar-refractivity contribution is -0.133. The molecule has 110 valence electrons. The summed E-state index contributed by atoms with van der Waals surface area (Å²) in [4.78, 5) is 14.2. The Labute approximate surface area is 115 Å². The van der Waals surface area contributed by atoms with Crippen molar-refractivity contribution in [3.63, 3.8) is 0 Å². The minimum atomic E-state index is -3.14. The maximum Gasteiger partial charge on any atom is 0.239 e. The molecule has 2 aliphatic rings. The predicted molar refractivity (Wildman–Crippen MR) is 73.3 cm³/mol. The van der Waals surface area contributed by atoms with Gasteiger partial charge in [0.2, 0.25) is 15.9 Å². The lowest BCUT2D eigenvalue weighted by atomic mass is 10.0. The molecule has 0 bridgehead atoms. The average molecular weight is 289 g/mol. The molecule has 0 saturated carbocycles. The molecule has 1 atom stereocenters. The predicted octanol–water partition coefficient (Wildman–Crippen LogP) is -0.378. The molecule has 0 radical (unpaired) electrons. The third kappa shape index (κ3) is 3.90. The molecule has 6 nitrogen and oxygen atoms in total. The summed E-state index contributed by atoms with van der Waals surface area (Å²) in [6.07, 6.45) is 5.06. The number of sulfonamides is 1. The van der Waals surface area contributed by atoms with Crippen LogP contribution < -0.4 is 5.32 Å².